The van der Waals surface area contributed by atoms with Crippen LogP contribution in [0.2, 0.25) is 0 Å². The third kappa shape index (κ3) is 2.95. The molecule has 0 aromatic rings. The van der Waals surface area contributed by atoms with Crippen LogP contribution in [0.4, 0.5) is 0 Å². The van der Waals surface area contributed by atoms with Gasteiger partial charge in [-0.3, -0.25) is 9.59 Å². The Morgan fingerprint density at radius 1 is 1.47 bits per heavy atom. The van der Waals surface area contributed by atoms with Gasteiger partial charge in [0.1, 0.15) is 6.04 Å². The Labute approximate surface area is 99.9 Å². The second-order valence-electron chi connectivity index (χ2n) is 4.51. The summed E-state index contributed by atoms with van der Waals surface area (Å²) in [6.45, 7) is 2.35. The standard InChI is InChI=1S/C11H18N2O4/c14-10(15)6-8-2-1-4-13(8)11(16)9-7-17-5-3-12-9/h8-9,12H,1-7H2,(H,14,15). The molecule has 2 atom stereocenters. The van der Waals surface area contributed by atoms with E-state index >= 15 is 0 Å². The van der Waals surface area contributed by atoms with Crippen molar-refractivity contribution in [2.75, 3.05) is 26.3 Å². The van der Waals surface area contributed by atoms with Gasteiger partial charge in [-0.25, -0.2) is 0 Å². The van der Waals surface area contributed by atoms with Crippen molar-refractivity contribution in [1.82, 2.24) is 10.2 Å². The summed E-state index contributed by atoms with van der Waals surface area (Å²) in [7, 11) is 0. The normalized spacial score (nSPS) is 29.3. The lowest BCUT2D eigenvalue weighted by molar-refractivity contribution is -0.141. The molecule has 6 nitrogen and oxygen atoms in total. The molecule has 0 saturated carbocycles. The van der Waals surface area contributed by atoms with Crippen LogP contribution in [0.5, 0.6) is 0 Å². The average molecular weight is 242 g/mol. The van der Waals surface area contributed by atoms with Crippen molar-refractivity contribution in [3.05, 3.63) is 0 Å². The predicted molar refractivity (Wildman–Crippen MR) is 59.6 cm³/mol. The van der Waals surface area contributed by atoms with Gasteiger partial charge in [-0.2, -0.15) is 0 Å². The third-order valence-electron chi connectivity index (χ3n) is 3.29. The highest BCUT2D eigenvalue weighted by molar-refractivity contribution is 5.83. The summed E-state index contributed by atoms with van der Waals surface area (Å²) >= 11 is 0. The molecule has 0 spiro atoms. The van der Waals surface area contributed by atoms with E-state index in [0.717, 1.165) is 12.8 Å². The second kappa shape index (κ2) is 5.46. The highest BCUT2D eigenvalue weighted by Crippen LogP contribution is 2.21. The van der Waals surface area contributed by atoms with E-state index < -0.39 is 5.97 Å². The summed E-state index contributed by atoms with van der Waals surface area (Å²) in [6, 6.07) is -0.457. The van der Waals surface area contributed by atoms with Crippen molar-refractivity contribution in [1.29, 1.82) is 0 Å². The molecule has 1 amide bonds. The number of hydrogen-bond donors (Lipinski definition) is 2. The smallest absolute Gasteiger partial charge is 0.305 e. The Kier molecular flexibility index (Phi) is 3.96. The van der Waals surface area contributed by atoms with Gasteiger partial charge < -0.3 is 20.1 Å². The van der Waals surface area contributed by atoms with Crippen molar-refractivity contribution >= 4 is 11.9 Å². The summed E-state index contributed by atoms with van der Waals surface area (Å²) in [6.07, 6.45) is 1.71. The van der Waals surface area contributed by atoms with Gasteiger partial charge in [0.2, 0.25) is 5.91 Å². The number of ether oxygens (including phenoxy) is 1. The Morgan fingerprint density at radius 2 is 2.29 bits per heavy atom. The Balaban J connectivity index is 1.94. The molecule has 0 aromatic heterocycles. The number of hydrogen-bond acceptors (Lipinski definition) is 4. The number of likely N-dealkylation sites (tertiary alicyclic amines) is 1. The monoisotopic (exact) mass is 242 g/mol. The van der Waals surface area contributed by atoms with E-state index in [-0.39, 0.29) is 24.4 Å². The molecule has 0 radical (unpaired) electrons. The van der Waals surface area contributed by atoms with Gasteiger partial charge in [-0.1, -0.05) is 0 Å². The lowest BCUT2D eigenvalue weighted by atomic mass is 10.1. The zero-order valence-electron chi connectivity index (χ0n) is 9.72. The number of carbonyl (C=O) groups is 2. The molecule has 2 saturated heterocycles. The molecule has 0 bridgehead atoms. The molecular weight excluding hydrogens is 224 g/mol. The second-order valence-corrected chi connectivity index (χ2v) is 4.51. The summed E-state index contributed by atoms with van der Waals surface area (Å²) in [5.74, 6) is -0.865. The quantitative estimate of drug-likeness (QED) is 0.693. The SMILES string of the molecule is O=C(O)CC1CCCN1C(=O)C1COCCN1. The minimum atomic E-state index is -0.845. The molecule has 2 heterocycles. The number of carboxylic acids is 1. The molecule has 2 rings (SSSR count). The van der Waals surface area contributed by atoms with Crippen molar-refractivity contribution < 1.29 is 19.4 Å². The minimum Gasteiger partial charge on any atom is -0.481 e. The molecule has 0 aliphatic carbocycles. The fourth-order valence-corrected chi connectivity index (χ4v) is 2.46. The van der Waals surface area contributed by atoms with Crippen LogP contribution in [-0.4, -0.2) is 60.3 Å². The number of rotatable bonds is 3. The van der Waals surface area contributed by atoms with E-state index in [1.54, 1.807) is 4.90 Å². The van der Waals surface area contributed by atoms with Crippen molar-refractivity contribution in [3.63, 3.8) is 0 Å². The molecule has 0 aromatic carbocycles. The average Bonchev–Trinajstić information content (AvgIpc) is 2.76. The molecule has 2 N–H and O–H groups in total. The first-order valence-corrected chi connectivity index (χ1v) is 6.02. The van der Waals surface area contributed by atoms with E-state index in [0.29, 0.717) is 26.3 Å². The lowest BCUT2D eigenvalue weighted by Crippen LogP contribution is -2.53. The van der Waals surface area contributed by atoms with Crippen LogP contribution in [0, 0.1) is 0 Å². The van der Waals surface area contributed by atoms with Crippen LogP contribution in [0.15, 0.2) is 0 Å². The maximum Gasteiger partial charge on any atom is 0.305 e. The number of nitrogens with one attached hydrogen (secondary N) is 1. The number of nitrogens with zero attached hydrogens (tertiary/aromatic N) is 1. The van der Waals surface area contributed by atoms with E-state index in [9.17, 15) is 9.59 Å². The predicted octanol–water partition coefficient (Wildman–Crippen LogP) is -0.559. The molecule has 2 fully saturated rings. The van der Waals surface area contributed by atoms with Gasteiger partial charge in [0.15, 0.2) is 0 Å². The zero-order chi connectivity index (χ0) is 12.3. The van der Waals surface area contributed by atoms with Gasteiger partial charge in [0.05, 0.1) is 19.6 Å². The van der Waals surface area contributed by atoms with Crippen LogP contribution in [0.3, 0.4) is 0 Å². The maximum atomic E-state index is 12.2. The number of amides is 1. The molecular formula is C11H18N2O4. The van der Waals surface area contributed by atoms with Crippen LogP contribution in [-0.2, 0) is 14.3 Å². The van der Waals surface area contributed by atoms with Crippen LogP contribution < -0.4 is 5.32 Å². The molecule has 17 heavy (non-hydrogen) atoms. The van der Waals surface area contributed by atoms with Crippen molar-refractivity contribution in [2.24, 2.45) is 0 Å². The first-order valence-electron chi connectivity index (χ1n) is 6.02. The van der Waals surface area contributed by atoms with Crippen LogP contribution in [0.25, 0.3) is 0 Å². The third-order valence-corrected chi connectivity index (χ3v) is 3.29. The summed E-state index contributed by atoms with van der Waals surface area (Å²) in [4.78, 5) is 24.6. The van der Waals surface area contributed by atoms with Crippen molar-refractivity contribution in [3.8, 4) is 0 Å². The van der Waals surface area contributed by atoms with Gasteiger partial charge in [0.25, 0.3) is 0 Å². The molecule has 2 aliphatic heterocycles. The largest absolute Gasteiger partial charge is 0.481 e. The molecule has 96 valence electrons. The first kappa shape index (κ1) is 12.3. The van der Waals surface area contributed by atoms with Crippen molar-refractivity contribution in [2.45, 2.75) is 31.3 Å². The maximum absolute atomic E-state index is 12.2. The number of morpholine rings is 1. The van der Waals surface area contributed by atoms with Crippen LogP contribution >= 0.6 is 0 Å². The number of carboxylic acid groups (broad SMARTS) is 1. The molecule has 2 aliphatic rings. The van der Waals surface area contributed by atoms with Gasteiger partial charge in [-0.15, -0.1) is 0 Å². The first-order chi connectivity index (χ1) is 8.18. The lowest BCUT2D eigenvalue weighted by Gasteiger charge is -2.30. The van der Waals surface area contributed by atoms with Gasteiger partial charge in [0, 0.05) is 19.1 Å². The topological polar surface area (TPSA) is 78.9 Å². The fourth-order valence-electron chi connectivity index (χ4n) is 2.46. The highest BCUT2D eigenvalue weighted by atomic mass is 16.5. The van der Waals surface area contributed by atoms with E-state index in [1.165, 1.54) is 0 Å². The Bertz CT molecular complexity index is 302. The Hall–Kier alpha value is -1.14. The number of aliphatic carboxylic acids is 1. The Morgan fingerprint density at radius 3 is 2.94 bits per heavy atom. The minimum absolute atomic E-state index is 0.0200. The number of carbonyl (C=O) groups excluding carboxylic acids is 1. The zero-order valence-corrected chi connectivity index (χ0v) is 9.72. The van der Waals surface area contributed by atoms with Crippen LogP contribution in [0.1, 0.15) is 19.3 Å². The summed E-state index contributed by atoms with van der Waals surface area (Å²) in [5.41, 5.74) is 0. The fraction of sp³-hybridized carbons (Fsp3) is 0.818. The van der Waals surface area contributed by atoms with E-state index in [1.807, 2.05) is 0 Å². The van der Waals surface area contributed by atoms with Gasteiger partial charge in [-0.05, 0) is 12.8 Å². The molecule has 2 unspecified atom stereocenters. The van der Waals surface area contributed by atoms with E-state index in [4.69, 9.17) is 9.84 Å². The van der Waals surface area contributed by atoms with Gasteiger partial charge >= 0.3 is 5.97 Å². The molecule has 6 heteroatoms. The summed E-state index contributed by atoms with van der Waals surface area (Å²) < 4.78 is 5.25. The van der Waals surface area contributed by atoms with E-state index in [2.05, 4.69) is 5.32 Å². The highest BCUT2D eigenvalue weighted by Gasteiger charge is 2.34. The summed E-state index contributed by atoms with van der Waals surface area (Å²) in [5, 5.41) is 11.9.